The molecule has 0 bridgehead atoms. The van der Waals surface area contributed by atoms with Crippen LogP contribution < -0.4 is 0 Å². The predicted molar refractivity (Wildman–Crippen MR) is 114 cm³/mol. The summed E-state index contributed by atoms with van der Waals surface area (Å²) in [5, 5.41) is 2.18. The Hall–Kier alpha value is -2.03. The smallest absolute Gasteiger partial charge is 0.0473 e. The standard InChI is InChI=1S/C24H25ClN2/c25-20-7-8-21-22-14-17(6-9-23(22)26-24(21)15-20)16-27-12-10-19(11-13-27)18-4-2-1-3-5-18/h1-5,7-8,10,15,17,26H,6,9,11-14,16H2. The SMILES string of the molecule is Clc1ccc2c3c([nH]c2c1)CCC(CN1CC=C(c2ccccc2)CC1)C3. The largest absolute Gasteiger partial charge is 0.358 e. The third kappa shape index (κ3) is 3.44. The first-order valence-electron chi connectivity index (χ1n) is 10.0. The number of aromatic amines is 1. The van der Waals surface area contributed by atoms with Crippen molar-refractivity contribution in [2.45, 2.75) is 25.7 Å². The molecule has 1 aliphatic carbocycles. The van der Waals surface area contributed by atoms with Crippen molar-refractivity contribution >= 4 is 28.1 Å². The molecule has 2 nitrogen and oxygen atoms in total. The highest BCUT2D eigenvalue weighted by Crippen LogP contribution is 2.33. The molecule has 2 aliphatic rings. The van der Waals surface area contributed by atoms with E-state index in [4.69, 9.17) is 11.6 Å². The summed E-state index contributed by atoms with van der Waals surface area (Å²) in [7, 11) is 0. The monoisotopic (exact) mass is 376 g/mol. The molecule has 1 N–H and O–H groups in total. The van der Waals surface area contributed by atoms with Gasteiger partial charge in [0.05, 0.1) is 0 Å². The van der Waals surface area contributed by atoms with Gasteiger partial charge in [-0.05, 0) is 60.4 Å². The van der Waals surface area contributed by atoms with Gasteiger partial charge in [0.2, 0.25) is 0 Å². The maximum absolute atomic E-state index is 6.16. The highest BCUT2D eigenvalue weighted by Gasteiger charge is 2.25. The quantitative estimate of drug-likeness (QED) is 0.619. The lowest BCUT2D eigenvalue weighted by molar-refractivity contribution is 0.238. The van der Waals surface area contributed by atoms with Crippen LogP contribution in [-0.2, 0) is 12.8 Å². The molecular formula is C24H25ClN2. The number of aryl methyl sites for hydroxylation is 1. The Morgan fingerprint density at radius 2 is 1.96 bits per heavy atom. The number of nitrogens with one attached hydrogen (secondary N) is 1. The lowest BCUT2D eigenvalue weighted by Crippen LogP contribution is -2.35. The van der Waals surface area contributed by atoms with Crippen LogP contribution in [0.15, 0.2) is 54.6 Å². The molecule has 1 atom stereocenters. The minimum absolute atomic E-state index is 0.749. The van der Waals surface area contributed by atoms with Gasteiger partial charge in [0, 0.05) is 41.3 Å². The van der Waals surface area contributed by atoms with E-state index in [9.17, 15) is 0 Å². The van der Waals surface area contributed by atoms with Crippen LogP contribution in [0.1, 0.15) is 29.7 Å². The van der Waals surface area contributed by atoms with Crippen LogP contribution in [0.3, 0.4) is 0 Å². The summed E-state index contributed by atoms with van der Waals surface area (Å²) >= 11 is 6.16. The summed E-state index contributed by atoms with van der Waals surface area (Å²) in [6.45, 7) is 3.46. The van der Waals surface area contributed by atoms with E-state index in [-0.39, 0.29) is 0 Å². The Morgan fingerprint density at radius 3 is 2.78 bits per heavy atom. The van der Waals surface area contributed by atoms with E-state index in [1.54, 1.807) is 0 Å². The fourth-order valence-electron chi connectivity index (χ4n) is 4.78. The van der Waals surface area contributed by atoms with E-state index in [0.717, 1.165) is 30.3 Å². The molecule has 5 rings (SSSR count). The van der Waals surface area contributed by atoms with Gasteiger partial charge >= 0.3 is 0 Å². The van der Waals surface area contributed by atoms with Crippen LogP contribution in [-0.4, -0.2) is 29.5 Å². The van der Waals surface area contributed by atoms with Crippen molar-refractivity contribution in [1.29, 1.82) is 0 Å². The van der Waals surface area contributed by atoms with Crippen LogP contribution in [0.2, 0.25) is 5.02 Å². The lowest BCUT2D eigenvalue weighted by atomic mass is 9.85. The lowest BCUT2D eigenvalue weighted by Gasteiger charge is -2.32. The number of fused-ring (bicyclic) bond motifs is 3. The fraction of sp³-hybridized carbons (Fsp3) is 0.333. The molecule has 138 valence electrons. The molecule has 3 heteroatoms. The highest BCUT2D eigenvalue weighted by atomic mass is 35.5. The van der Waals surface area contributed by atoms with Gasteiger partial charge in [-0.2, -0.15) is 0 Å². The first-order chi connectivity index (χ1) is 13.3. The van der Waals surface area contributed by atoms with Crippen LogP contribution in [0.4, 0.5) is 0 Å². The van der Waals surface area contributed by atoms with Gasteiger partial charge in [0.25, 0.3) is 0 Å². The average Bonchev–Trinajstić information content (AvgIpc) is 3.06. The maximum atomic E-state index is 6.16. The molecule has 1 aromatic heterocycles. The van der Waals surface area contributed by atoms with Crippen molar-refractivity contribution in [3.8, 4) is 0 Å². The molecule has 2 heterocycles. The number of nitrogens with zero attached hydrogens (tertiary/aromatic N) is 1. The van der Waals surface area contributed by atoms with Gasteiger partial charge < -0.3 is 4.98 Å². The molecule has 0 amide bonds. The minimum atomic E-state index is 0.749. The number of hydrogen-bond donors (Lipinski definition) is 1. The number of halogens is 1. The maximum Gasteiger partial charge on any atom is 0.0473 e. The number of aromatic nitrogens is 1. The van der Waals surface area contributed by atoms with Crippen molar-refractivity contribution in [3.63, 3.8) is 0 Å². The van der Waals surface area contributed by atoms with E-state index in [1.165, 1.54) is 59.2 Å². The van der Waals surface area contributed by atoms with Crippen LogP contribution in [0, 0.1) is 5.92 Å². The predicted octanol–water partition coefficient (Wildman–Crippen LogP) is 5.72. The van der Waals surface area contributed by atoms with Crippen molar-refractivity contribution in [1.82, 2.24) is 9.88 Å². The van der Waals surface area contributed by atoms with Gasteiger partial charge in [-0.15, -0.1) is 0 Å². The van der Waals surface area contributed by atoms with Crippen LogP contribution in [0.25, 0.3) is 16.5 Å². The Bertz CT molecular complexity index is 986. The summed E-state index contributed by atoms with van der Waals surface area (Å²) in [4.78, 5) is 6.23. The normalized spacial score (nSPS) is 20.5. The zero-order chi connectivity index (χ0) is 18.2. The second kappa shape index (κ2) is 7.18. The molecule has 0 saturated heterocycles. The molecule has 1 aliphatic heterocycles. The summed E-state index contributed by atoms with van der Waals surface area (Å²) in [6, 6.07) is 17.1. The molecule has 0 saturated carbocycles. The first-order valence-corrected chi connectivity index (χ1v) is 10.4. The van der Waals surface area contributed by atoms with Crippen LogP contribution in [0.5, 0.6) is 0 Å². The zero-order valence-corrected chi connectivity index (χ0v) is 16.3. The van der Waals surface area contributed by atoms with Gasteiger partial charge in [-0.3, -0.25) is 4.90 Å². The molecule has 3 aromatic rings. The topological polar surface area (TPSA) is 19.0 Å². The number of hydrogen-bond acceptors (Lipinski definition) is 1. The van der Waals surface area contributed by atoms with E-state index in [1.807, 2.05) is 6.07 Å². The molecule has 0 fully saturated rings. The summed E-state index contributed by atoms with van der Waals surface area (Å²) in [5.74, 6) is 0.749. The minimum Gasteiger partial charge on any atom is -0.358 e. The average molecular weight is 377 g/mol. The highest BCUT2D eigenvalue weighted by molar-refractivity contribution is 6.31. The molecule has 2 aromatic carbocycles. The second-order valence-corrected chi connectivity index (χ2v) is 8.42. The van der Waals surface area contributed by atoms with E-state index in [2.05, 4.69) is 58.4 Å². The first kappa shape index (κ1) is 17.1. The van der Waals surface area contributed by atoms with Crippen molar-refractivity contribution in [2.24, 2.45) is 5.92 Å². The molecule has 0 radical (unpaired) electrons. The molecule has 1 unspecified atom stereocenters. The fourth-order valence-corrected chi connectivity index (χ4v) is 4.95. The van der Waals surface area contributed by atoms with E-state index >= 15 is 0 Å². The van der Waals surface area contributed by atoms with Gasteiger partial charge in [0.1, 0.15) is 0 Å². The van der Waals surface area contributed by atoms with Crippen molar-refractivity contribution < 1.29 is 0 Å². The molecule has 27 heavy (non-hydrogen) atoms. The second-order valence-electron chi connectivity index (χ2n) is 7.99. The Balaban J connectivity index is 1.27. The van der Waals surface area contributed by atoms with E-state index in [0.29, 0.717) is 0 Å². The van der Waals surface area contributed by atoms with E-state index < -0.39 is 0 Å². The van der Waals surface area contributed by atoms with Gasteiger partial charge in [-0.25, -0.2) is 0 Å². The third-order valence-electron chi connectivity index (χ3n) is 6.21. The number of H-pyrrole nitrogens is 1. The van der Waals surface area contributed by atoms with Crippen molar-refractivity contribution in [2.75, 3.05) is 19.6 Å². The summed E-state index contributed by atoms with van der Waals surface area (Å²) < 4.78 is 0. The Morgan fingerprint density at radius 1 is 1.07 bits per heavy atom. The molecule has 0 spiro atoms. The number of benzene rings is 2. The Kier molecular flexibility index (Phi) is 4.55. The third-order valence-corrected chi connectivity index (χ3v) is 6.44. The van der Waals surface area contributed by atoms with Crippen molar-refractivity contribution in [3.05, 3.63) is 76.5 Å². The summed E-state index contributed by atoms with van der Waals surface area (Å²) in [6.07, 6.45) is 7.21. The van der Waals surface area contributed by atoms with Gasteiger partial charge in [-0.1, -0.05) is 54.1 Å². The van der Waals surface area contributed by atoms with Crippen LogP contribution >= 0.6 is 11.6 Å². The summed E-state index contributed by atoms with van der Waals surface area (Å²) in [5.41, 5.74) is 7.04. The zero-order valence-electron chi connectivity index (χ0n) is 15.5. The Labute approximate surface area is 165 Å². The van der Waals surface area contributed by atoms with Gasteiger partial charge in [0.15, 0.2) is 0 Å². The number of rotatable bonds is 3. The molecular weight excluding hydrogens is 352 g/mol.